The zero-order valence-electron chi connectivity index (χ0n) is 32.6. The molecule has 12 rings (SSSR count). The lowest BCUT2D eigenvalue weighted by atomic mass is 10.1. The lowest BCUT2D eigenvalue weighted by molar-refractivity contribution is 0.585. The normalized spacial score (nSPS) is 11.6. The first-order valence-corrected chi connectivity index (χ1v) is 20.2. The van der Waals surface area contributed by atoms with Gasteiger partial charge in [-0.25, -0.2) is 15.0 Å². The van der Waals surface area contributed by atoms with Crippen LogP contribution in [-0.4, -0.2) is 34.3 Å². The highest BCUT2D eigenvalue weighted by Crippen LogP contribution is 2.40. The Balaban J connectivity index is 0.966. The van der Waals surface area contributed by atoms with E-state index in [-0.39, 0.29) is 0 Å². The molecule has 8 heteroatoms. The van der Waals surface area contributed by atoms with Crippen molar-refractivity contribution in [3.05, 3.63) is 200 Å². The molecular weight excluding hydrogens is 751 g/mol. The average Bonchev–Trinajstić information content (AvgIpc) is 4.06. The number of benzene rings is 8. The standard InChI is InChI=1S/C53H33N7O/c1-4-16-34(17-5-1)49-54-50(35-18-6-2-7-19-35)56-51(55-49)36-20-14-23-39(32-36)59-45-28-12-11-25-41(45)44-33-37(30-31-47(44)59)52-57-58-53(61-52)43-27-15-26-42-40-24-10-13-29-46(40)60(48(42)43)38-21-8-3-9-22-38/h1-33H. The van der Waals surface area contributed by atoms with Gasteiger partial charge in [0, 0.05) is 55.2 Å². The zero-order chi connectivity index (χ0) is 40.3. The highest BCUT2D eigenvalue weighted by molar-refractivity contribution is 6.13. The average molecular weight is 784 g/mol. The predicted molar refractivity (Wildman–Crippen MR) is 244 cm³/mol. The van der Waals surface area contributed by atoms with Crippen molar-refractivity contribution in [2.75, 3.05) is 0 Å². The molecular formula is C53H33N7O. The summed E-state index contributed by atoms with van der Waals surface area (Å²) in [5.41, 5.74) is 10.8. The topological polar surface area (TPSA) is 87.5 Å². The van der Waals surface area contributed by atoms with Crippen molar-refractivity contribution in [3.8, 4) is 68.4 Å². The molecule has 0 amide bonds. The number of aromatic nitrogens is 7. The van der Waals surface area contributed by atoms with E-state index in [4.69, 9.17) is 19.4 Å². The van der Waals surface area contributed by atoms with Gasteiger partial charge in [0.15, 0.2) is 17.5 Å². The van der Waals surface area contributed by atoms with Crippen LogP contribution in [0.25, 0.3) is 112 Å². The Morgan fingerprint density at radius 3 is 1.54 bits per heavy atom. The van der Waals surface area contributed by atoms with Crippen molar-refractivity contribution in [3.63, 3.8) is 0 Å². The Kier molecular flexibility index (Phi) is 7.99. The minimum absolute atomic E-state index is 0.452. The molecule has 8 aromatic carbocycles. The molecule has 4 aromatic heterocycles. The summed E-state index contributed by atoms with van der Waals surface area (Å²) in [7, 11) is 0. The Morgan fingerprint density at radius 1 is 0.328 bits per heavy atom. The van der Waals surface area contributed by atoms with Gasteiger partial charge in [0.25, 0.3) is 0 Å². The predicted octanol–water partition coefficient (Wildman–Crippen LogP) is 12.8. The lowest BCUT2D eigenvalue weighted by Crippen LogP contribution is -2.01. The van der Waals surface area contributed by atoms with Gasteiger partial charge in [-0.05, 0) is 60.7 Å². The number of hydrogen-bond acceptors (Lipinski definition) is 6. The quantitative estimate of drug-likeness (QED) is 0.160. The first-order valence-electron chi connectivity index (χ1n) is 20.2. The molecule has 4 heterocycles. The second-order valence-electron chi connectivity index (χ2n) is 15.0. The molecule has 8 nitrogen and oxygen atoms in total. The van der Waals surface area contributed by atoms with Crippen LogP contribution in [-0.2, 0) is 0 Å². The van der Waals surface area contributed by atoms with Crippen LogP contribution in [0.1, 0.15) is 0 Å². The van der Waals surface area contributed by atoms with E-state index in [1.54, 1.807) is 0 Å². The number of hydrogen-bond donors (Lipinski definition) is 0. The fourth-order valence-corrected chi connectivity index (χ4v) is 8.59. The molecule has 0 aliphatic heterocycles. The summed E-state index contributed by atoms with van der Waals surface area (Å²) in [4.78, 5) is 14.9. The van der Waals surface area contributed by atoms with E-state index in [1.165, 1.54) is 0 Å². The smallest absolute Gasteiger partial charge is 0.250 e. The Hall–Kier alpha value is -8.49. The SMILES string of the molecule is c1ccc(-c2nc(-c3ccccc3)nc(-c3cccc(-n4c5ccccc5c5cc(-c6nnc(-c7cccc8c9ccccc9n(-c9ccccc9)c78)o6)ccc54)c3)n2)cc1. The molecule has 0 unspecified atom stereocenters. The summed E-state index contributed by atoms with van der Waals surface area (Å²) in [6.45, 7) is 0. The van der Waals surface area contributed by atoms with Gasteiger partial charge in [-0.2, -0.15) is 0 Å². The summed E-state index contributed by atoms with van der Waals surface area (Å²) >= 11 is 0. The maximum atomic E-state index is 6.59. The van der Waals surface area contributed by atoms with Crippen molar-refractivity contribution in [1.29, 1.82) is 0 Å². The van der Waals surface area contributed by atoms with Crippen LogP contribution < -0.4 is 0 Å². The summed E-state index contributed by atoms with van der Waals surface area (Å²) in [5, 5.41) is 13.8. The lowest BCUT2D eigenvalue weighted by Gasteiger charge is -2.11. The van der Waals surface area contributed by atoms with E-state index >= 15 is 0 Å². The maximum Gasteiger partial charge on any atom is 0.250 e. The van der Waals surface area contributed by atoms with Gasteiger partial charge in [0.05, 0.1) is 27.6 Å². The number of fused-ring (bicyclic) bond motifs is 6. The summed E-state index contributed by atoms with van der Waals surface area (Å²) in [5.74, 6) is 2.76. The third-order valence-corrected chi connectivity index (χ3v) is 11.3. The van der Waals surface area contributed by atoms with Crippen LogP contribution >= 0.6 is 0 Å². The molecule has 0 atom stereocenters. The third kappa shape index (κ3) is 5.80. The first-order chi connectivity index (χ1) is 30.2. The van der Waals surface area contributed by atoms with Gasteiger partial charge in [-0.15, -0.1) is 10.2 Å². The Labute approximate surface area is 349 Å². The van der Waals surface area contributed by atoms with Crippen molar-refractivity contribution >= 4 is 43.6 Å². The number of nitrogens with zero attached hydrogens (tertiary/aromatic N) is 7. The van der Waals surface area contributed by atoms with Crippen LogP contribution in [0.3, 0.4) is 0 Å². The van der Waals surface area contributed by atoms with E-state index in [2.05, 4.69) is 153 Å². The molecule has 0 saturated heterocycles. The number of para-hydroxylation sites is 4. The second-order valence-corrected chi connectivity index (χ2v) is 15.0. The fraction of sp³-hybridized carbons (Fsp3) is 0. The molecule has 0 aliphatic rings. The van der Waals surface area contributed by atoms with E-state index in [0.29, 0.717) is 29.3 Å². The van der Waals surface area contributed by atoms with E-state index in [0.717, 1.165) is 82.8 Å². The van der Waals surface area contributed by atoms with Crippen LogP contribution in [0.15, 0.2) is 205 Å². The maximum absolute atomic E-state index is 6.59. The van der Waals surface area contributed by atoms with Crippen LogP contribution in [0.5, 0.6) is 0 Å². The molecule has 12 aromatic rings. The molecule has 286 valence electrons. The molecule has 0 N–H and O–H groups in total. The molecule has 0 bridgehead atoms. The van der Waals surface area contributed by atoms with Crippen molar-refractivity contribution < 1.29 is 4.42 Å². The minimum atomic E-state index is 0.452. The molecule has 0 fully saturated rings. The van der Waals surface area contributed by atoms with E-state index < -0.39 is 0 Å². The van der Waals surface area contributed by atoms with Gasteiger partial charge in [0.2, 0.25) is 11.8 Å². The highest BCUT2D eigenvalue weighted by atomic mass is 16.4. The summed E-state index contributed by atoms with van der Waals surface area (Å²) < 4.78 is 11.2. The van der Waals surface area contributed by atoms with Gasteiger partial charge < -0.3 is 13.6 Å². The van der Waals surface area contributed by atoms with Crippen molar-refractivity contribution in [2.24, 2.45) is 0 Å². The first kappa shape index (κ1) is 34.5. The summed E-state index contributed by atoms with van der Waals surface area (Å²) in [6.07, 6.45) is 0. The van der Waals surface area contributed by atoms with Gasteiger partial charge in [-0.1, -0.05) is 140 Å². The molecule has 61 heavy (non-hydrogen) atoms. The van der Waals surface area contributed by atoms with Crippen molar-refractivity contribution in [1.82, 2.24) is 34.3 Å². The molecule has 0 saturated carbocycles. The van der Waals surface area contributed by atoms with Gasteiger partial charge in [0.1, 0.15) is 0 Å². The molecule has 0 spiro atoms. The fourth-order valence-electron chi connectivity index (χ4n) is 8.59. The minimum Gasteiger partial charge on any atom is -0.416 e. The molecule has 0 aliphatic carbocycles. The van der Waals surface area contributed by atoms with Gasteiger partial charge in [-0.3, -0.25) is 0 Å². The van der Waals surface area contributed by atoms with Crippen LogP contribution in [0, 0.1) is 0 Å². The second kappa shape index (κ2) is 14.1. The van der Waals surface area contributed by atoms with E-state index in [9.17, 15) is 0 Å². The van der Waals surface area contributed by atoms with E-state index in [1.807, 2.05) is 66.7 Å². The Bertz CT molecular complexity index is 3530. The van der Waals surface area contributed by atoms with Crippen molar-refractivity contribution in [2.45, 2.75) is 0 Å². The van der Waals surface area contributed by atoms with Crippen LogP contribution in [0.2, 0.25) is 0 Å². The third-order valence-electron chi connectivity index (χ3n) is 11.3. The summed E-state index contributed by atoms with van der Waals surface area (Å²) in [6, 6.07) is 68.5. The monoisotopic (exact) mass is 783 g/mol. The molecule has 0 radical (unpaired) electrons. The van der Waals surface area contributed by atoms with Crippen LogP contribution in [0.4, 0.5) is 0 Å². The number of rotatable bonds is 7. The zero-order valence-corrected chi connectivity index (χ0v) is 32.6. The highest BCUT2D eigenvalue weighted by Gasteiger charge is 2.21. The Morgan fingerprint density at radius 2 is 0.836 bits per heavy atom. The largest absolute Gasteiger partial charge is 0.416 e. The van der Waals surface area contributed by atoms with Gasteiger partial charge >= 0.3 is 0 Å².